The van der Waals surface area contributed by atoms with Crippen molar-refractivity contribution in [3.63, 3.8) is 0 Å². The van der Waals surface area contributed by atoms with Gasteiger partial charge in [-0.2, -0.15) is 0 Å². The van der Waals surface area contributed by atoms with Crippen molar-refractivity contribution >= 4 is 38.9 Å². The predicted octanol–water partition coefficient (Wildman–Crippen LogP) is 5.85. The van der Waals surface area contributed by atoms with Gasteiger partial charge in [-0.3, -0.25) is 0 Å². The second-order valence-electron chi connectivity index (χ2n) is 7.46. The van der Waals surface area contributed by atoms with Gasteiger partial charge in [0.1, 0.15) is 10.8 Å². The van der Waals surface area contributed by atoms with Crippen molar-refractivity contribution < 1.29 is 22.7 Å². The van der Waals surface area contributed by atoms with Crippen molar-refractivity contribution in [3.8, 4) is 27.3 Å². The summed E-state index contributed by atoms with van der Waals surface area (Å²) in [7, 11) is -0.317. The molecule has 0 amide bonds. The van der Waals surface area contributed by atoms with Gasteiger partial charge >= 0.3 is 5.97 Å². The number of carbonyl (C=O) groups is 1. The topological polar surface area (TPSA) is 72.9 Å². The van der Waals surface area contributed by atoms with E-state index in [9.17, 15) is 13.2 Å². The number of anilines is 2. The van der Waals surface area contributed by atoms with E-state index in [1.807, 2.05) is 31.2 Å². The molecule has 0 saturated heterocycles. The van der Waals surface area contributed by atoms with Crippen molar-refractivity contribution in [2.24, 2.45) is 0 Å². The summed E-state index contributed by atoms with van der Waals surface area (Å²) in [5.41, 5.74) is 4.90. The van der Waals surface area contributed by atoms with Gasteiger partial charge in [-0.05, 0) is 65.6 Å². The highest BCUT2D eigenvalue weighted by molar-refractivity contribution is 7.74. The lowest BCUT2D eigenvalue weighted by atomic mass is 9.99. The molecule has 1 aromatic heterocycles. The predicted molar refractivity (Wildman–Crippen MR) is 137 cm³/mol. The van der Waals surface area contributed by atoms with E-state index in [-0.39, 0.29) is 11.3 Å². The van der Waals surface area contributed by atoms with E-state index in [4.69, 9.17) is 9.47 Å². The maximum atomic E-state index is 12.3. The molecule has 3 aromatic carbocycles. The van der Waals surface area contributed by atoms with Gasteiger partial charge in [0.05, 0.1) is 25.5 Å². The van der Waals surface area contributed by atoms with Crippen LogP contribution < -0.4 is 9.04 Å². The van der Waals surface area contributed by atoms with Crippen LogP contribution in [0.25, 0.3) is 21.6 Å². The number of benzene rings is 3. The van der Waals surface area contributed by atoms with Crippen LogP contribution in [-0.4, -0.2) is 28.6 Å². The molecule has 0 N–H and O–H groups in total. The van der Waals surface area contributed by atoms with Crippen molar-refractivity contribution in [2.75, 3.05) is 18.5 Å². The lowest BCUT2D eigenvalue weighted by Gasteiger charge is -2.19. The molecule has 0 bridgehead atoms. The molecule has 0 unspecified atom stereocenters. The first-order chi connectivity index (χ1) is 16.4. The SMILES string of the molecule is COC(=O)c1ccc(N(c2ccc(-c3cc(-c4ccccc4)ccc3C)s2)[SH](=O)=O)c(OC)c1. The van der Waals surface area contributed by atoms with Crippen molar-refractivity contribution in [3.05, 3.63) is 90.0 Å². The van der Waals surface area contributed by atoms with E-state index in [2.05, 4.69) is 30.3 Å². The normalized spacial score (nSPS) is 10.8. The van der Waals surface area contributed by atoms with Gasteiger partial charge in [-0.25, -0.2) is 17.5 Å². The molecule has 4 rings (SSSR count). The minimum absolute atomic E-state index is 0.249. The van der Waals surface area contributed by atoms with Crippen LogP contribution in [0.1, 0.15) is 15.9 Å². The third-order valence-corrected chi connectivity index (χ3v) is 7.40. The fourth-order valence-electron chi connectivity index (χ4n) is 3.67. The van der Waals surface area contributed by atoms with Crippen LogP contribution in [0.4, 0.5) is 10.7 Å². The summed E-state index contributed by atoms with van der Waals surface area (Å²) in [6, 6.07) is 24.6. The number of rotatable bonds is 7. The molecule has 0 aliphatic heterocycles. The average Bonchev–Trinajstić information content (AvgIpc) is 3.33. The van der Waals surface area contributed by atoms with Crippen LogP contribution in [0.2, 0.25) is 0 Å². The Kier molecular flexibility index (Phi) is 7.00. The van der Waals surface area contributed by atoms with Gasteiger partial charge in [-0.1, -0.05) is 42.5 Å². The Morgan fingerprint density at radius 2 is 1.65 bits per heavy atom. The molecule has 0 saturated carbocycles. The third-order valence-electron chi connectivity index (χ3n) is 5.40. The van der Waals surface area contributed by atoms with E-state index in [0.717, 1.165) is 27.1 Å². The fraction of sp³-hybridized carbons (Fsp3) is 0.115. The summed E-state index contributed by atoms with van der Waals surface area (Å²) in [4.78, 5) is 12.8. The standard InChI is InChI=1S/C26H23NO5S2/c1-17-9-10-19(18-7-5-4-6-8-18)15-21(17)24-13-14-25(33-24)27(34(29)30)22-12-11-20(26(28)32-3)16-23(22)31-2/h4-16,34H,1-3H3. The van der Waals surface area contributed by atoms with Gasteiger partial charge in [0.25, 0.3) is 0 Å². The molecular weight excluding hydrogens is 470 g/mol. The minimum Gasteiger partial charge on any atom is -0.495 e. The van der Waals surface area contributed by atoms with Crippen LogP contribution in [0.3, 0.4) is 0 Å². The van der Waals surface area contributed by atoms with E-state index in [0.29, 0.717) is 10.7 Å². The monoisotopic (exact) mass is 493 g/mol. The quantitative estimate of drug-likeness (QED) is 0.258. The van der Waals surface area contributed by atoms with E-state index in [1.54, 1.807) is 6.07 Å². The number of aryl methyl sites for hydroxylation is 1. The smallest absolute Gasteiger partial charge is 0.337 e. The number of esters is 1. The first-order valence-electron chi connectivity index (χ1n) is 10.4. The minimum atomic E-state index is -3.02. The molecule has 0 spiro atoms. The first-order valence-corrected chi connectivity index (χ1v) is 12.3. The lowest BCUT2D eigenvalue weighted by molar-refractivity contribution is 0.0600. The molecule has 4 aromatic rings. The zero-order valence-electron chi connectivity index (χ0n) is 18.8. The maximum absolute atomic E-state index is 12.3. The number of nitrogens with zero attached hydrogens (tertiary/aromatic N) is 1. The number of methoxy groups -OCH3 is 2. The van der Waals surface area contributed by atoms with E-state index in [1.165, 1.54) is 48.1 Å². The average molecular weight is 494 g/mol. The second kappa shape index (κ2) is 10.1. The molecule has 0 radical (unpaired) electrons. The molecule has 0 aliphatic rings. The molecule has 1 heterocycles. The summed E-state index contributed by atoms with van der Waals surface area (Å²) in [5.74, 6) is -0.283. The molecule has 0 fully saturated rings. The van der Waals surface area contributed by atoms with Crippen LogP contribution in [0, 0.1) is 6.92 Å². The highest BCUT2D eigenvalue weighted by Gasteiger charge is 2.21. The van der Waals surface area contributed by atoms with Crippen LogP contribution in [0.5, 0.6) is 5.75 Å². The third kappa shape index (κ3) is 4.69. The number of ether oxygens (including phenoxy) is 2. The van der Waals surface area contributed by atoms with Crippen LogP contribution in [0.15, 0.2) is 78.9 Å². The Hall–Kier alpha value is -3.62. The zero-order chi connectivity index (χ0) is 24.2. The molecule has 8 heteroatoms. The Bertz CT molecular complexity index is 1400. The fourth-order valence-corrected chi connectivity index (χ4v) is 5.57. The number of hydrogen-bond donors (Lipinski definition) is 1. The molecule has 0 atom stereocenters. The maximum Gasteiger partial charge on any atom is 0.337 e. The van der Waals surface area contributed by atoms with E-state index >= 15 is 0 Å². The van der Waals surface area contributed by atoms with Gasteiger partial charge < -0.3 is 9.47 Å². The van der Waals surface area contributed by atoms with Crippen LogP contribution >= 0.6 is 11.3 Å². The van der Waals surface area contributed by atoms with Crippen molar-refractivity contribution in [1.29, 1.82) is 0 Å². The number of thiol groups is 1. The van der Waals surface area contributed by atoms with Gasteiger partial charge in [0.2, 0.25) is 10.9 Å². The van der Waals surface area contributed by atoms with Crippen molar-refractivity contribution in [1.82, 2.24) is 0 Å². The molecule has 0 aliphatic carbocycles. The first kappa shape index (κ1) is 23.5. The second-order valence-corrected chi connectivity index (χ2v) is 9.40. The molecule has 174 valence electrons. The van der Waals surface area contributed by atoms with E-state index < -0.39 is 16.9 Å². The van der Waals surface area contributed by atoms with Gasteiger partial charge in [0.15, 0.2) is 0 Å². The Balaban J connectivity index is 1.75. The summed E-state index contributed by atoms with van der Waals surface area (Å²) < 4.78 is 36.0. The number of carbonyl (C=O) groups excluding carboxylic acids is 1. The Labute approximate surface area is 204 Å². The van der Waals surface area contributed by atoms with Gasteiger partial charge in [0, 0.05) is 4.88 Å². The zero-order valence-corrected chi connectivity index (χ0v) is 20.6. The summed E-state index contributed by atoms with van der Waals surface area (Å²) >= 11 is 1.36. The number of hydrogen-bond acceptors (Lipinski definition) is 6. The van der Waals surface area contributed by atoms with Crippen LogP contribution in [-0.2, 0) is 15.6 Å². The van der Waals surface area contributed by atoms with Gasteiger partial charge in [-0.15, -0.1) is 11.3 Å². The van der Waals surface area contributed by atoms with Crippen molar-refractivity contribution in [2.45, 2.75) is 6.92 Å². The largest absolute Gasteiger partial charge is 0.495 e. The lowest BCUT2D eigenvalue weighted by Crippen LogP contribution is -2.14. The highest BCUT2D eigenvalue weighted by atomic mass is 32.2. The Morgan fingerprint density at radius 3 is 2.32 bits per heavy atom. The summed E-state index contributed by atoms with van der Waals surface area (Å²) in [6.45, 7) is 2.03. The highest BCUT2D eigenvalue weighted by Crippen LogP contribution is 2.42. The number of thiophene rings is 1. The molecule has 6 nitrogen and oxygen atoms in total. The summed E-state index contributed by atoms with van der Waals surface area (Å²) in [6.07, 6.45) is 0. The molecule has 34 heavy (non-hydrogen) atoms. The molecular formula is C26H23NO5S2. The Morgan fingerprint density at radius 1 is 0.882 bits per heavy atom. The summed E-state index contributed by atoms with van der Waals surface area (Å²) in [5, 5.41) is 0.514.